The Hall–Kier alpha value is -1.95. The summed E-state index contributed by atoms with van der Waals surface area (Å²) < 4.78 is 10.6. The number of nitrogens with zero attached hydrogens (tertiary/aromatic N) is 1. The van der Waals surface area contributed by atoms with Gasteiger partial charge in [0.1, 0.15) is 0 Å². The van der Waals surface area contributed by atoms with E-state index >= 15 is 0 Å². The van der Waals surface area contributed by atoms with E-state index < -0.39 is 0 Å². The first-order valence-electron chi connectivity index (χ1n) is 6.20. The van der Waals surface area contributed by atoms with Gasteiger partial charge < -0.3 is 24.8 Å². The van der Waals surface area contributed by atoms with Gasteiger partial charge in [0.2, 0.25) is 6.79 Å². The van der Waals surface area contributed by atoms with Crippen LogP contribution in [0.25, 0.3) is 0 Å². The lowest BCUT2D eigenvalue weighted by atomic mass is 10.2. The van der Waals surface area contributed by atoms with Crippen molar-refractivity contribution in [2.75, 3.05) is 25.3 Å². The highest BCUT2D eigenvalue weighted by Gasteiger charge is 2.21. The second-order valence-corrected chi connectivity index (χ2v) is 4.48. The van der Waals surface area contributed by atoms with Crippen LogP contribution in [0.2, 0.25) is 0 Å². The number of nitrogens with one attached hydrogen (secondary N) is 1. The van der Waals surface area contributed by atoms with Crippen LogP contribution < -0.4 is 14.8 Å². The van der Waals surface area contributed by atoms with Gasteiger partial charge in [-0.25, -0.2) is 4.79 Å². The van der Waals surface area contributed by atoms with E-state index in [9.17, 15) is 4.79 Å². The molecular weight excluding hydrogens is 248 g/mol. The number of amides is 2. The molecule has 0 atom stereocenters. The number of anilines is 1. The van der Waals surface area contributed by atoms with E-state index in [2.05, 4.69) is 5.32 Å². The highest BCUT2D eigenvalue weighted by Crippen LogP contribution is 2.38. The summed E-state index contributed by atoms with van der Waals surface area (Å²) in [5.41, 5.74) is 0.573. The van der Waals surface area contributed by atoms with Gasteiger partial charge >= 0.3 is 6.03 Å². The number of carbonyl (C=O) groups is 1. The highest BCUT2D eigenvalue weighted by molar-refractivity contribution is 5.92. The number of fused-ring (bicyclic) bond motifs is 1. The average Bonchev–Trinajstić information content (AvgIpc) is 2.84. The molecular formula is C13H18N2O4. The molecule has 0 unspecified atom stereocenters. The van der Waals surface area contributed by atoms with Crippen molar-refractivity contribution in [2.45, 2.75) is 19.9 Å². The molecule has 0 fully saturated rings. The number of aliphatic hydroxyl groups excluding tert-OH is 1. The Bertz CT molecular complexity index is 462. The van der Waals surface area contributed by atoms with Gasteiger partial charge in [-0.15, -0.1) is 0 Å². The number of hydrogen-bond acceptors (Lipinski definition) is 4. The lowest BCUT2D eigenvalue weighted by molar-refractivity contribution is 0.170. The number of aliphatic hydroxyl groups is 1. The lowest BCUT2D eigenvalue weighted by Gasteiger charge is -2.26. The molecule has 19 heavy (non-hydrogen) atoms. The van der Waals surface area contributed by atoms with Crippen molar-refractivity contribution in [1.29, 1.82) is 0 Å². The zero-order valence-electron chi connectivity index (χ0n) is 11.0. The Labute approximate surface area is 111 Å². The van der Waals surface area contributed by atoms with Gasteiger partial charge in [-0.3, -0.25) is 0 Å². The Morgan fingerprint density at radius 1 is 1.47 bits per heavy atom. The summed E-state index contributed by atoms with van der Waals surface area (Å²) in [5, 5.41) is 11.8. The Morgan fingerprint density at radius 2 is 2.26 bits per heavy atom. The Balaban J connectivity index is 2.12. The zero-order valence-corrected chi connectivity index (χ0v) is 11.0. The summed E-state index contributed by atoms with van der Waals surface area (Å²) in [4.78, 5) is 13.7. The van der Waals surface area contributed by atoms with Gasteiger partial charge in [0, 0.05) is 12.6 Å². The molecule has 1 aliphatic heterocycles. The maximum Gasteiger partial charge on any atom is 0.322 e. The van der Waals surface area contributed by atoms with Crippen molar-refractivity contribution >= 4 is 11.7 Å². The van der Waals surface area contributed by atoms with E-state index in [0.29, 0.717) is 17.2 Å². The molecule has 0 aliphatic carbocycles. The topological polar surface area (TPSA) is 71.0 Å². The standard InChI is InChI=1S/C13H18N2O4/c1-9(2)15(6-7-16)13(17)14-10-4-3-5-11-12(10)19-8-18-11/h3-5,9,16H,6-8H2,1-2H3,(H,14,17). The molecule has 2 N–H and O–H groups in total. The lowest BCUT2D eigenvalue weighted by Crippen LogP contribution is -2.41. The summed E-state index contributed by atoms with van der Waals surface area (Å²) in [5.74, 6) is 1.17. The molecule has 0 radical (unpaired) electrons. The molecule has 6 nitrogen and oxygen atoms in total. The molecule has 104 valence electrons. The largest absolute Gasteiger partial charge is 0.454 e. The SMILES string of the molecule is CC(C)N(CCO)C(=O)Nc1cccc2c1OCO2. The van der Waals surface area contributed by atoms with Crippen LogP contribution in [0.15, 0.2) is 18.2 Å². The first kappa shape index (κ1) is 13.5. The second-order valence-electron chi connectivity index (χ2n) is 4.48. The smallest absolute Gasteiger partial charge is 0.322 e. The predicted octanol–water partition coefficient (Wildman–Crippen LogP) is 1.65. The molecule has 1 aromatic carbocycles. The zero-order chi connectivity index (χ0) is 13.8. The monoisotopic (exact) mass is 266 g/mol. The molecule has 0 spiro atoms. The fourth-order valence-electron chi connectivity index (χ4n) is 1.92. The van der Waals surface area contributed by atoms with Crippen LogP contribution in [0, 0.1) is 0 Å². The summed E-state index contributed by atoms with van der Waals surface area (Å²) in [7, 11) is 0. The highest BCUT2D eigenvalue weighted by atomic mass is 16.7. The van der Waals surface area contributed by atoms with Gasteiger partial charge in [-0.2, -0.15) is 0 Å². The van der Waals surface area contributed by atoms with Crippen LogP contribution in [0.4, 0.5) is 10.5 Å². The van der Waals surface area contributed by atoms with Gasteiger partial charge in [-0.1, -0.05) is 6.07 Å². The fourth-order valence-corrected chi connectivity index (χ4v) is 1.92. The van der Waals surface area contributed by atoms with E-state index in [0.717, 1.165) is 0 Å². The number of para-hydroxylation sites is 1. The van der Waals surface area contributed by atoms with Crippen molar-refractivity contribution in [1.82, 2.24) is 4.90 Å². The van der Waals surface area contributed by atoms with Gasteiger partial charge in [0.05, 0.1) is 12.3 Å². The summed E-state index contributed by atoms with van der Waals surface area (Å²) >= 11 is 0. The van der Waals surface area contributed by atoms with Crippen molar-refractivity contribution < 1.29 is 19.4 Å². The normalized spacial score (nSPS) is 12.6. The summed E-state index contributed by atoms with van der Waals surface area (Å²) in [6.45, 7) is 4.16. The molecule has 0 saturated carbocycles. The van der Waals surface area contributed by atoms with Crippen molar-refractivity contribution in [2.24, 2.45) is 0 Å². The molecule has 1 aromatic rings. The van der Waals surface area contributed by atoms with E-state index in [1.165, 1.54) is 0 Å². The van der Waals surface area contributed by atoms with Crippen LogP contribution in [0.1, 0.15) is 13.8 Å². The maximum atomic E-state index is 12.2. The minimum absolute atomic E-state index is 0.000999. The first-order chi connectivity index (χ1) is 9.13. The van der Waals surface area contributed by atoms with Crippen LogP contribution in [0.3, 0.4) is 0 Å². The number of hydrogen-bond donors (Lipinski definition) is 2. The van der Waals surface area contributed by atoms with E-state index in [4.69, 9.17) is 14.6 Å². The second kappa shape index (κ2) is 5.79. The average molecular weight is 266 g/mol. The van der Waals surface area contributed by atoms with Gasteiger partial charge in [-0.05, 0) is 26.0 Å². The van der Waals surface area contributed by atoms with Crippen LogP contribution in [-0.4, -0.2) is 42.0 Å². The minimum Gasteiger partial charge on any atom is -0.454 e. The maximum absolute atomic E-state index is 12.2. The number of carbonyl (C=O) groups excluding carboxylic acids is 1. The molecule has 0 saturated heterocycles. The summed E-state index contributed by atoms with van der Waals surface area (Å²) in [6, 6.07) is 5.05. The predicted molar refractivity (Wildman–Crippen MR) is 70.5 cm³/mol. The van der Waals surface area contributed by atoms with Gasteiger partial charge in [0.25, 0.3) is 0 Å². The van der Waals surface area contributed by atoms with Crippen LogP contribution in [-0.2, 0) is 0 Å². The number of urea groups is 1. The third-order valence-electron chi connectivity index (χ3n) is 2.86. The van der Waals surface area contributed by atoms with Crippen molar-refractivity contribution in [3.8, 4) is 11.5 Å². The Kier molecular flexibility index (Phi) is 4.11. The number of ether oxygens (including phenoxy) is 2. The van der Waals surface area contributed by atoms with Crippen LogP contribution >= 0.6 is 0 Å². The van der Waals surface area contributed by atoms with Gasteiger partial charge in [0.15, 0.2) is 11.5 Å². The van der Waals surface area contributed by atoms with Crippen LogP contribution in [0.5, 0.6) is 11.5 Å². The quantitative estimate of drug-likeness (QED) is 0.869. The third kappa shape index (κ3) is 2.90. The Morgan fingerprint density at radius 3 is 2.95 bits per heavy atom. The number of benzene rings is 1. The number of rotatable bonds is 4. The van der Waals surface area contributed by atoms with E-state index in [1.807, 2.05) is 13.8 Å². The molecule has 1 heterocycles. The minimum atomic E-state index is -0.270. The first-order valence-corrected chi connectivity index (χ1v) is 6.20. The molecule has 0 aromatic heterocycles. The summed E-state index contributed by atoms with van der Waals surface area (Å²) in [6.07, 6.45) is 0. The molecule has 2 rings (SSSR count). The third-order valence-corrected chi connectivity index (χ3v) is 2.86. The van der Waals surface area contributed by atoms with Crippen molar-refractivity contribution in [3.63, 3.8) is 0 Å². The molecule has 1 aliphatic rings. The molecule has 6 heteroatoms. The fraction of sp³-hybridized carbons (Fsp3) is 0.462. The molecule has 2 amide bonds. The molecule has 0 bridgehead atoms. The van der Waals surface area contributed by atoms with E-state index in [1.54, 1.807) is 23.1 Å². The van der Waals surface area contributed by atoms with Crippen molar-refractivity contribution in [3.05, 3.63) is 18.2 Å². The van der Waals surface area contributed by atoms with E-state index in [-0.39, 0.29) is 32.0 Å².